The van der Waals surface area contributed by atoms with Crippen molar-refractivity contribution in [2.24, 2.45) is 0 Å². The topological polar surface area (TPSA) is 38.8 Å². The quantitative estimate of drug-likeness (QED) is 0.318. The summed E-state index contributed by atoms with van der Waals surface area (Å²) < 4.78 is 12.1. The fourth-order valence-electron chi connectivity index (χ4n) is 5.09. The van der Waals surface area contributed by atoms with E-state index in [-0.39, 0.29) is 5.91 Å². The Morgan fingerprint density at radius 3 is 2.11 bits per heavy atom. The van der Waals surface area contributed by atoms with Gasteiger partial charge in [0, 0.05) is 17.5 Å². The van der Waals surface area contributed by atoms with Crippen LogP contribution < -0.4 is 9.47 Å². The summed E-state index contributed by atoms with van der Waals surface area (Å²) in [4.78, 5) is 15.7. The number of hydrogen-bond acceptors (Lipinski definition) is 3. The van der Waals surface area contributed by atoms with E-state index in [2.05, 4.69) is 45.9 Å². The van der Waals surface area contributed by atoms with E-state index in [4.69, 9.17) is 9.47 Å². The van der Waals surface area contributed by atoms with Crippen molar-refractivity contribution < 1.29 is 18.8 Å². The van der Waals surface area contributed by atoms with Crippen LogP contribution in [0.2, 0.25) is 0 Å². The Morgan fingerprint density at radius 2 is 1.54 bits per heavy atom. The van der Waals surface area contributed by atoms with Crippen LogP contribution in [-0.4, -0.2) is 62.2 Å². The van der Waals surface area contributed by atoms with Crippen LogP contribution in [-0.2, 0) is 6.54 Å². The molecule has 0 bridgehead atoms. The monoisotopic (exact) mass is 477 g/mol. The van der Waals surface area contributed by atoms with Crippen LogP contribution in [0.3, 0.4) is 0 Å². The number of rotatable bonds is 11. The van der Waals surface area contributed by atoms with E-state index in [0.29, 0.717) is 24.4 Å². The van der Waals surface area contributed by atoms with Gasteiger partial charge in [-0.1, -0.05) is 41.5 Å². The molecule has 0 saturated heterocycles. The molecule has 0 spiro atoms. The predicted molar refractivity (Wildman–Crippen MR) is 144 cm³/mol. The molecule has 0 saturated carbocycles. The average molecular weight is 478 g/mol. The molecule has 3 rings (SSSR count). The lowest BCUT2D eigenvalue weighted by molar-refractivity contribution is -0.937. The van der Waals surface area contributed by atoms with Gasteiger partial charge in [0.05, 0.1) is 46.0 Å². The molecule has 0 radical (unpaired) electrons. The first-order valence-electron chi connectivity index (χ1n) is 12.7. The number of fused-ring (bicyclic) bond motifs is 1. The summed E-state index contributed by atoms with van der Waals surface area (Å²) >= 11 is 0. The third-order valence-corrected chi connectivity index (χ3v) is 7.27. The fraction of sp³-hybridized carbons (Fsp3) is 0.433. The highest BCUT2D eigenvalue weighted by atomic mass is 16.5. The molecule has 0 aliphatic rings. The molecule has 3 aromatic carbocycles. The zero-order valence-corrected chi connectivity index (χ0v) is 22.5. The number of amides is 1. The van der Waals surface area contributed by atoms with Gasteiger partial charge in [-0.3, -0.25) is 4.79 Å². The number of ether oxygens (including phenoxy) is 2. The molecule has 0 N–H and O–H groups in total. The molecule has 0 atom stereocenters. The van der Waals surface area contributed by atoms with Crippen LogP contribution in [0.4, 0.5) is 0 Å². The van der Waals surface area contributed by atoms with Crippen molar-refractivity contribution in [3.05, 3.63) is 70.8 Å². The van der Waals surface area contributed by atoms with Gasteiger partial charge in [0.15, 0.2) is 0 Å². The number of carbonyl (C=O) groups is 1. The van der Waals surface area contributed by atoms with Crippen molar-refractivity contribution in [2.45, 2.75) is 41.2 Å². The second-order valence-corrected chi connectivity index (χ2v) is 9.47. The minimum Gasteiger partial charge on any atom is -0.496 e. The van der Waals surface area contributed by atoms with E-state index < -0.39 is 0 Å². The van der Waals surface area contributed by atoms with Gasteiger partial charge in [-0.05, 0) is 58.2 Å². The van der Waals surface area contributed by atoms with Gasteiger partial charge in [-0.15, -0.1) is 0 Å². The predicted octanol–water partition coefficient (Wildman–Crippen LogP) is 5.99. The Hall–Kier alpha value is -3.05. The van der Waals surface area contributed by atoms with E-state index in [9.17, 15) is 4.79 Å². The fourth-order valence-corrected chi connectivity index (χ4v) is 5.09. The van der Waals surface area contributed by atoms with Gasteiger partial charge in [-0.25, -0.2) is 0 Å². The Kier molecular flexibility index (Phi) is 8.79. The molecule has 0 aromatic heterocycles. The smallest absolute Gasteiger partial charge is 0.257 e. The van der Waals surface area contributed by atoms with E-state index in [0.717, 1.165) is 47.2 Å². The molecular weight excluding hydrogens is 436 g/mol. The minimum atomic E-state index is 0.00535. The number of methoxy groups -OCH3 is 2. The van der Waals surface area contributed by atoms with Crippen LogP contribution in [0.5, 0.6) is 11.5 Å². The number of hydrogen-bond donors (Lipinski definition) is 0. The lowest BCUT2D eigenvalue weighted by Crippen LogP contribution is -2.51. The summed E-state index contributed by atoms with van der Waals surface area (Å²) in [5.41, 5.74) is 4.56. The molecule has 0 aliphatic carbocycles. The van der Waals surface area contributed by atoms with Crippen LogP contribution >= 0.6 is 0 Å². The molecule has 188 valence electrons. The molecule has 0 fully saturated rings. The van der Waals surface area contributed by atoms with Crippen molar-refractivity contribution in [3.63, 3.8) is 0 Å². The molecule has 5 heteroatoms. The molecular formula is C30H41N2O3+. The number of quaternary nitrogens is 1. The summed E-state index contributed by atoms with van der Waals surface area (Å²) in [6.07, 6.45) is 0. The van der Waals surface area contributed by atoms with E-state index in [1.54, 1.807) is 14.2 Å². The van der Waals surface area contributed by atoms with Crippen LogP contribution in [0.1, 0.15) is 47.8 Å². The third kappa shape index (κ3) is 5.96. The first kappa shape index (κ1) is 26.6. The Labute approximate surface area is 210 Å². The summed E-state index contributed by atoms with van der Waals surface area (Å²) in [5.74, 6) is 1.35. The van der Waals surface area contributed by atoms with Gasteiger partial charge in [-0.2, -0.15) is 0 Å². The molecule has 5 nitrogen and oxygen atoms in total. The molecule has 0 aliphatic heterocycles. The lowest BCUT2D eigenvalue weighted by Gasteiger charge is -2.38. The van der Waals surface area contributed by atoms with Crippen LogP contribution in [0.25, 0.3) is 10.8 Å². The first-order valence-corrected chi connectivity index (χ1v) is 12.7. The molecule has 0 unspecified atom stereocenters. The zero-order valence-electron chi connectivity index (χ0n) is 22.5. The van der Waals surface area contributed by atoms with E-state index in [1.165, 1.54) is 16.7 Å². The average Bonchev–Trinajstić information content (AvgIpc) is 2.86. The minimum absolute atomic E-state index is 0.00535. The highest BCUT2D eigenvalue weighted by molar-refractivity contribution is 6.02. The lowest BCUT2D eigenvalue weighted by atomic mass is 10.0. The van der Waals surface area contributed by atoms with Crippen LogP contribution in [0.15, 0.2) is 48.5 Å². The van der Waals surface area contributed by atoms with Crippen molar-refractivity contribution >= 4 is 16.7 Å². The molecule has 35 heavy (non-hydrogen) atoms. The maximum absolute atomic E-state index is 13.7. The van der Waals surface area contributed by atoms with Crippen LogP contribution in [0, 0.1) is 13.8 Å². The number of aryl methyl sites for hydroxylation is 2. The second-order valence-electron chi connectivity index (χ2n) is 9.47. The van der Waals surface area contributed by atoms with Gasteiger partial charge in [0.2, 0.25) is 0 Å². The molecule has 0 heterocycles. The maximum Gasteiger partial charge on any atom is 0.257 e. The van der Waals surface area contributed by atoms with Gasteiger partial charge in [0.1, 0.15) is 18.0 Å². The van der Waals surface area contributed by atoms with Gasteiger partial charge >= 0.3 is 0 Å². The van der Waals surface area contributed by atoms with Gasteiger partial charge in [0.25, 0.3) is 5.91 Å². The number of nitrogens with zero attached hydrogens (tertiary/aromatic N) is 2. The normalized spacial score (nSPS) is 11.5. The second kappa shape index (κ2) is 11.6. The summed E-state index contributed by atoms with van der Waals surface area (Å²) in [5, 5.41) is 1.90. The van der Waals surface area contributed by atoms with Crippen molar-refractivity contribution in [1.29, 1.82) is 0 Å². The first-order chi connectivity index (χ1) is 16.8. The van der Waals surface area contributed by atoms with E-state index >= 15 is 0 Å². The summed E-state index contributed by atoms with van der Waals surface area (Å²) in [6, 6.07) is 16.5. The number of carbonyl (C=O) groups excluding carboxylic acids is 1. The van der Waals surface area contributed by atoms with Crippen molar-refractivity contribution in [2.75, 3.05) is 46.9 Å². The highest BCUT2D eigenvalue weighted by Crippen LogP contribution is 2.32. The highest BCUT2D eigenvalue weighted by Gasteiger charge is 2.27. The summed E-state index contributed by atoms with van der Waals surface area (Å²) in [6.45, 7) is 16.1. The largest absolute Gasteiger partial charge is 0.496 e. The van der Waals surface area contributed by atoms with E-state index in [1.807, 2.05) is 42.2 Å². The number of likely N-dealkylation sites (N-methyl/N-ethyl adjacent to an activating group) is 2. The Morgan fingerprint density at radius 1 is 0.886 bits per heavy atom. The Balaban J connectivity index is 1.86. The number of benzene rings is 3. The van der Waals surface area contributed by atoms with Crippen molar-refractivity contribution in [1.82, 2.24) is 4.90 Å². The molecule has 1 amide bonds. The zero-order chi connectivity index (χ0) is 25.6. The standard InChI is InChI=1S/C30H41N2O3/c1-8-31(14-15-32(9-2,10-3)21-24-17-22(4)16-23(5)18-24)30(33)27-19-25-12-11-13-28(34-6)26(25)20-29(27)35-7/h11-13,16-20H,8-10,14-15,21H2,1-7H3/q+1. The SMILES string of the molecule is CCN(CC[N+](CC)(CC)Cc1cc(C)cc(C)c1)C(=O)c1cc2cccc(OC)c2cc1OC. The molecule has 3 aromatic rings. The summed E-state index contributed by atoms with van der Waals surface area (Å²) in [7, 11) is 3.27. The van der Waals surface area contributed by atoms with Crippen molar-refractivity contribution in [3.8, 4) is 11.5 Å². The maximum atomic E-state index is 13.7. The van der Waals surface area contributed by atoms with Gasteiger partial charge < -0.3 is 18.9 Å². The third-order valence-electron chi connectivity index (χ3n) is 7.27. The Bertz CT molecular complexity index is 1150.